The number of rotatable bonds is 4. The fourth-order valence-corrected chi connectivity index (χ4v) is 3.39. The molecule has 2 aliphatic rings. The minimum Gasteiger partial charge on any atom is -0.352 e. The minimum absolute atomic E-state index is 0.0368. The molecule has 0 radical (unpaired) electrons. The largest absolute Gasteiger partial charge is 0.352 e. The molecule has 1 N–H and O–H groups in total. The van der Waals surface area contributed by atoms with Crippen LogP contribution in [0.4, 0.5) is 5.69 Å². The molecule has 1 saturated carbocycles. The average molecular weight is 356 g/mol. The number of benzene rings is 1. The highest BCUT2D eigenvalue weighted by Crippen LogP contribution is 2.34. The molecule has 0 atom stereocenters. The van der Waals surface area contributed by atoms with Gasteiger partial charge in [-0.2, -0.15) is 0 Å². The predicted octanol–water partition coefficient (Wildman–Crippen LogP) is 2.88. The van der Waals surface area contributed by atoms with E-state index in [-0.39, 0.29) is 30.8 Å². The second-order valence-corrected chi connectivity index (χ2v) is 7.08. The van der Waals surface area contributed by atoms with Crippen molar-refractivity contribution in [3.05, 3.63) is 46.7 Å². The predicted molar refractivity (Wildman–Crippen MR) is 96.6 cm³/mol. The van der Waals surface area contributed by atoms with Crippen LogP contribution in [0.1, 0.15) is 24.1 Å². The van der Waals surface area contributed by atoms with E-state index in [9.17, 15) is 9.59 Å². The summed E-state index contributed by atoms with van der Waals surface area (Å²) in [4.78, 5) is 30.4. The van der Waals surface area contributed by atoms with Gasteiger partial charge >= 0.3 is 0 Å². The van der Waals surface area contributed by atoms with Crippen molar-refractivity contribution in [2.75, 3.05) is 11.4 Å². The second-order valence-electron chi connectivity index (χ2n) is 6.67. The monoisotopic (exact) mass is 355 g/mol. The molecule has 0 bridgehead atoms. The van der Waals surface area contributed by atoms with Gasteiger partial charge in [-0.25, -0.2) is 0 Å². The number of carbonyl (C=O) groups excluding carboxylic acids is 2. The van der Waals surface area contributed by atoms with Crippen LogP contribution in [0.5, 0.6) is 0 Å². The molecule has 1 aliphatic heterocycles. The molecule has 1 aliphatic carbocycles. The number of aryl methyl sites for hydroxylation is 1. The summed E-state index contributed by atoms with van der Waals surface area (Å²) in [5, 5.41) is 3.56. The van der Waals surface area contributed by atoms with Gasteiger partial charge < -0.3 is 10.2 Å². The maximum absolute atomic E-state index is 12.3. The summed E-state index contributed by atoms with van der Waals surface area (Å²) in [5.41, 5.74) is 4.19. The third kappa shape index (κ3) is 3.24. The SMILES string of the molecule is Cc1ccc(-c2cnc3c(c2)N(CC(=O)NC2CC2)C(=O)C3)c(Cl)c1. The molecular formula is C19H18ClN3O2. The van der Waals surface area contributed by atoms with E-state index >= 15 is 0 Å². The summed E-state index contributed by atoms with van der Waals surface area (Å²) in [5.74, 6) is -0.219. The summed E-state index contributed by atoms with van der Waals surface area (Å²) in [6.45, 7) is 2.02. The lowest BCUT2D eigenvalue weighted by molar-refractivity contribution is -0.123. The van der Waals surface area contributed by atoms with Gasteiger partial charge in [0.15, 0.2) is 0 Å². The molecule has 6 heteroatoms. The van der Waals surface area contributed by atoms with Crippen LogP contribution >= 0.6 is 11.6 Å². The molecule has 25 heavy (non-hydrogen) atoms. The van der Waals surface area contributed by atoms with Gasteiger partial charge in [0.1, 0.15) is 6.54 Å². The van der Waals surface area contributed by atoms with Crippen LogP contribution in [0.15, 0.2) is 30.5 Å². The van der Waals surface area contributed by atoms with Crippen molar-refractivity contribution in [3.63, 3.8) is 0 Å². The van der Waals surface area contributed by atoms with Crippen molar-refractivity contribution >= 4 is 29.1 Å². The molecule has 5 nitrogen and oxygen atoms in total. The van der Waals surface area contributed by atoms with Gasteiger partial charge in [-0.15, -0.1) is 0 Å². The number of amides is 2. The second kappa shape index (κ2) is 6.15. The summed E-state index contributed by atoms with van der Waals surface area (Å²) < 4.78 is 0. The van der Waals surface area contributed by atoms with Crippen molar-refractivity contribution in [1.82, 2.24) is 10.3 Å². The highest BCUT2D eigenvalue weighted by atomic mass is 35.5. The molecule has 1 aromatic carbocycles. The van der Waals surface area contributed by atoms with E-state index in [1.54, 1.807) is 6.20 Å². The zero-order valence-electron chi connectivity index (χ0n) is 13.9. The Morgan fingerprint density at radius 2 is 2.16 bits per heavy atom. The first kappa shape index (κ1) is 16.1. The number of carbonyl (C=O) groups is 2. The number of nitrogens with one attached hydrogen (secondary N) is 1. The Hall–Kier alpha value is -2.40. The van der Waals surface area contributed by atoms with Crippen LogP contribution < -0.4 is 10.2 Å². The van der Waals surface area contributed by atoms with E-state index in [1.165, 1.54) is 4.90 Å². The lowest BCUT2D eigenvalue weighted by Crippen LogP contribution is -2.39. The van der Waals surface area contributed by atoms with Crippen molar-refractivity contribution in [3.8, 4) is 11.1 Å². The van der Waals surface area contributed by atoms with Gasteiger partial charge in [-0.1, -0.05) is 23.7 Å². The zero-order chi connectivity index (χ0) is 17.6. The Morgan fingerprint density at radius 3 is 2.88 bits per heavy atom. The molecule has 0 spiro atoms. The first-order chi connectivity index (χ1) is 12.0. The quantitative estimate of drug-likeness (QED) is 0.917. The van der Waals surface area contributed by atoms with Crippen LogP contribution in [0.2, 0.25) is 5.02 Å². The third-order valence-electron chi connectivity index (χ3n) is 4.54. The summed E-state index contributed by atoms with van der Waals surface area (Å²) in [7, 11) is 0. The molecule has 1 fully saturated rings. The van der Waals surface area contributed by atoms with E-state index < -0.39 is 0 Å². The van der Waals surface area contributed by atoms with E-state index in [1.807, 2.05) is 31.2 Å². The molecule has 4 rings (SSSR count). The Morgan fingerprint density at radius 1 is 1.36 bits per heavy atom. The summed E-state index contributed by atoms with van der Waals surface area (Å²) >= 11 is 6.36. The first-order valence-corrected chi connectivity index (χ1v) is 8.74. The number of halogens is 1. The molecular weight excluding hydrogens is 338 g/mol. The van der Waals surface area contributed by atoms with E-state index in [0.29, 0.717) is 16.4 Å². The van der Waals surface area contributed by atoms with Crippen LogP contribution in [-0.2, 0) is 16.0 Å². The number of nitrogens with zero attached hydrogens (tertiary/aromatic N) is 2. The Balaban J connectivity index is 1.64. The zero-order valence-corrected chi connectivity index (χ0v) is 14.6. The van der Waals surface area contributed by atoms with E-state index in [0.717, 1.165) is 29.5 Å². The lowest BCUT2D eigenvalue weighted by Gasteiger charge is -2.17. The molecule has 0 unspecified atom stereocenters. The van der Waals surface area contributed by atoms with Gasteiger partial charge in [0, 0.05) is 28.4 Å². The standard InChI is InChI=1S/C19H18ClN3O2/c1-11-2-5-14(15(20)6-11)12-7-17-16(21-9-12)8-19(25)23(17)10-18(24)22-13-3-4-13/h2,5-7,9,13H,3-4,8,10H2,1H3,(H,22,24). The van der Waals surface area contributed by atoms with Crippen molar-refractivity contribution in [2.24, 2.45) is 0 Å². The smallest absolute Gasteiger partial charge is 0.240 e. The molecule has 2 aromatic rings. The van der Waals surface area contributed by atoms with Crippen molar-refractivity contribution in [1.29, 1.82) is 0 Å². The van der Waals surface area contributed by atoms with Gasteiger partial charge in [0.05, 0.1) is 17.8 Å². The van der Waals surface area contributed by atoms with Gasteiger partial charge in [0.2, 0.25) is 11.8 Å². The maximum atomic E-state index is 12.3. The van der Waals surface area contributed by atoms with Crippen LogP contribution in [0.25, 0.3) is 11.1 Å². The topological polar surface area (TPSA) is 62.3 Å². The lowest BCUT2D eigenvalue weighted by atomic mass is 10.0. The minimum atomic E-state index is -0.123. The average Bonchev–Trinajstić information content (AvgIpc) is 3.32. The highest BCUT2D eigenvalue weighted by molar-refractivity contribution is 6.33. The van der Waals surface area contributed by atoms with Crippen molar-refractivity contribution in [2.45, 2.75) is 32.2 Å². The number of pyridine rings is 1. The number of fused-ring (bicyclic) bond motifs is 1. The summed E-state index contributed by atoms with van der Waals surface area (Å²) in [6.07, 6.45) is 4.01. The number of hydrogen-bond donors (Lipinski definition) is 1. The normalized spacial score (nSPS) is 16.1. The Kier molecular flexibility index (Phi) is 3.96. The van der Waals surface area contributed by atoms with Gasteiger partial charge in [0.25, 0.3) is 0 Å². The van der Waals surface area contributed by atoms with Gasteiger partial charge in [-0.3, -0.25) is 14.6 Å². The van der Waals surface area contributed by atoms with Gasteiger partial charge in [-0.05, 0) is 37.5 Å². The van der Waals surface area contributed by atoms with Crippen LogP contribution in [0, 0.1) is 6.92 Å². The molecule has 2 amide bonds. The first-order valence-electron chi connectivity index (χ1n) is 8.36. The van der Waals surface area contributed by atoms with Crippen molar-refractivity contribution < 1.29 is 9.59 Å². The fraction of sp³-hybridized carbons (Fsp3) is 0.316. The van der Waals surface area contributed by atoms with E-state index in [4.69, 9.17) is 11.6 Å². The third-order valence-corrected chi connectivity index (χ3v) is 4.85. The highest BCUT2D eigenvalue weighted by Gasteiger charge is 2.32. The summed E-state index contributed by atoms with van der Waals surface area (Å²) in [6, 6.07) is 8.01. The Bertz CT molecular complexity index is 877. The van der Waals surface area contributed by atoms with E-state index in [2.05, 4.69) is 10.3 Å². The molecule has 0 saturated heterocycles. The maximum Gasteiger partial charge on any atom is 0.240 e. The van der Waals surface area contributed by atoms with Crippen LogP contribution in [-0.4, -0.2) is 29.4 Å². The number of hydrogen-bond acceptors (Lipinski definition) is 3. The number of anilines is 1. The molecule has 2 heterocycles. The number of aromatic nitrogens is 1. The molecule has 128 valence electrons. The Labute approximate surface area is 151 Å². The fourth-order valence-electron chi connectivity index (χ4n) is 3.04. The molecule has 1 aromatic heterocycles. The van der Waals surface area contributed by atoms with Crippen LogP contribution in [0.3, 0.4) is 0 Å².